The molecule has 0 amide bonds. The first-order valence-corrected chi connectivity index (χ1v) is 8.49. The SMILES string of the molecule is CC[C@@H]1C=C(C2CN2S(=O)(=O)c2ccccc2[N+](=O)[O-])OC1=O. The van der Waals surface area contributed by atoms with Gasteiger partial charge in [0.15, 0.2) is 4.90 Å². The third-order valence-electron chi connectivity index (χ3n) is 3.87. The second-order valence-electron chi connectivity index (χ2n) is 5.32. The monoisotopic (exact) mass is 338 g/mol. The van der Waals surface area contributed by atoms with Crippen LogP contribution in [0.25, 0.3) is 0 Å². The third kappa shape index (κ3) is 2.62. The van der Waals surface area contributed by atoms with Gasteiger partial charge in [-0.15, -0.1) is 0 Å². The number of cyclic esters (lactones) is 1. The van der Waals surface area contributed by atoms with Crippen molar-refractivity contribution in [1.82, 2.24) is 4.31 Å². The summed E-state index contributed by atoms with van der Waals surface area (Å²) in [6, 6.07) is 4.62. The van der Waals surface area contributed by atoms with Crippen molar-refractivity contribution in [3.05, 3.63) is 46.2 Å². The van der Waals surface area contributed by atoms with Crippen molar-refractivity contribution in [3.63, 3.8) is 0 Å². The number of carbonyl (C=O) groups excluding carboxylic acids is 1. The molecule has 0 N–H and O–H groups in total. The number of nitro groups is 1. The zero-order chi connectivity index (χ0) is 16.8. The summed E-state index contributed by atoms with van der Waals surface area (Å²) in [7, 11) is -4.01. The zero-order valence-electron chi connectivity index (χ0n) is 12.2. The molecule has 0 radical (unpaired) electrons. The number of sulfonamides is 1. The summed E-state index contributed by atoms with van der Waals surface area (Å²) in [6.07, 6.45) is 2.20. The largest absolute Gasteiger partial charge is 0.429 e. The van der Waals surface area contributed by atoms with Crippen molar-refractivity contribution in [2.45, 2.75) is 24.3 Å². The Balaban J connectivity index is 1.87. The van der Waals surface area contributed by atoms with E-state index in [0.29, 0.717) is 12.2 Å². The van der Waals surface area contributed by atoms with Crippen LogP contribution in [0.2, 0.25) is 0 Å². The molecule has 1 fully saturated rings. The van der Waals surface area contributed by atoms with Gasteiger partial charge in [-0.05, 0) is 18.6 Å². The van der Waals surface area contributed by atoms with Gasteiger partial charge in [-0.25, -0.2) is 8.42 Å². The van der Waals surface area contributed by atoms with Crippen LogP contribution in [-0.4, -0.2) is 36.2 Å². The zero-order valence-corrected chi connectivity index (χ0v) is 13.0. The van der Waals surface area contributed by atoms with E-state index in [1.165, 1.54) is 18.2 Å². The van der Waals surface area contributed by atoms with Crippen molar-refractivity contribution in [3.8, 4) is 0 Å². The lowest BCUT2D eigenvalue weighted by molar-refractivity contribution is -0.387. The van der Waals surface area contributed by atoms with Crippen LogP contribution in [0.3, 0.4) is 0 Å². The summed E-state index contributed by atoms with van der Waals surface area (Å²) in [6.45, 7) is 1.98. The summed E-state index contributed by atoms with van der Waals surface area (Å²) < 4.78 is 31.3. The predicted molar refractivity (Wildman–Crippen MR) is 78.7 cm³/mol. The molecule has 3 rings (SSSR count). The number of nitrogens with zero attached hydrogens (tertiary/aromatic N) is 2. The van der Waals surface area contributed by atoms with Gasteiger partial charge in [0, 0.05) is 12.6 Å². The highest BCUT2D eigenvalue weighted by Crippen LogP contribution is 2.39. The maximum atomic E-state index is 12.6. The molecule has 2 aliphatic heterocycles. The first kappa shape index (κ1) is 15.6. The summed E-state index contributed by atoms with van der Waals surface area (Å²) in [4.78, 5) is 21.5. The first-order chi connectivity index (χ1) is 10.9. The van der Waals surface area contributed by atoms with Crippen LogP contribution in [0.1, 0.15) is 13.3 Å². The fourth-order valence-electron chi connectivity index (χ4n) is 2.53. The highest BCUT2D eigenvalue weighted by atomic mass is 32.2. The number of ether oxygens (including phenoxy) is 1. The Morgan fingerprint density at radius 2 is 2.09 bits per heavy atom. The minimum absolute atomic E-state index is 0.143. The molecule has 1 aromatic carbocycles. The van der Waals surface area contributed by atoms with Gasteiger partial charge in [0.05, 0.1) is 16.9 Å². The van der Waals surface area contributed by atoms with Crippen LogP contribution < -0.4 is 0 Å². The number of hydrogen-bond donors (Lipinski definition) is 0. The lowest BCUT2D eigenvalue weighted by Gasteiger charge is -2.07. The maximum Gasteiger partial charge on any atom is 0.318 e. The topological polar surface area (TPSA) is 107 Å². The molecule has 23 heavy (non-hydrogen) atoms. The van der Waals surface area contributed by atoms with Gasteiger partial charge in [0.25, 0.3) is 15.7 Å². The van der Waals surface area contributed by atoms with Crippen molar-refractivity contribution in [2.24, 2.45) is 5.92 Å². The highest BCUT2D eigenvalue weighted by Gasteiger charge is 2.51. The Bertz CT molecular complexity index is 816. The Morgan fingerprint density at radius 3 is 2.70 bits per heavy atom. The number of carbonyl (C=O) groups is 1. The van der Waals surface area contributed by atoms with E-state index in [0.717, 1.165) is 10.4 Å². The van der Waals surface area contributed by atoms with Crippen LogP contribution in [0.4, 0.5) is 5.69 Å². The molecule has 9 heteroatoms. The van der Waals surface area contributed by atoms with Crippen LogP contribution in [-0.2, 0) is 19.6 Å². The van der Waals surface area contributed by atoms with E-state index in [1.807, 2.05) is 6.92 Å². The number of nitro benzene ring substituents is 1. The average molecular weight is 338 g/mol. The highest BCUT2D eigenvalue weighted by molar-refractivity contribution is 7.89. The predicted octanol–water partition coefficient (Wildman–Crippen LogP) is 1.43. The molecule has 0 bridgehead atoms. The lowest BCUT2D eigenvalue weighted by Crippen LogP contribution is -2.17. The fraction of sp³-hybridized carbons (Fsp3) is 0.357. The molecule has 0 saturated carbocycles. The molecule has 1 aromatic rings. The standard InChI is InChI=1S/C14H14N2O6S/c1-2-9-7-12(22-14(9)17)11-8-15(11)23(20,21)13-6-4-3-5-10(13)16(18)19/h3-7,9,11H,2,8H2,1H3/t9-,11?,15?/m1/s1. The van der Waals surface area contributed by atoms with Gasteiger partial charge in [-0.3, -0.25) is 14.9 Å². The normalized spacial score (nSPS) is 26.6. The molecule has 2 unspecified atom stereocenters. The maximum absolute atomic E-state index is 12.6. The minimum atomic E-state index is -4.01. The van der Waals surface area contributed by atoms with Crippen LogP contribution >= 0.6 is 0 Å². The number of para-hydroxylation sites is 1. The van der Waals surface area contributed by atoms with Crippen LogP contribution in [0.5, 0.6) is 0 Å². The molecule has 8 nitrogen and oxygen atoms in total. The second-order valence-corrected chi connectivity index (χ2v) is 7.18. The lowest BCUT2D eigenvalue weighted by atomic mass is 10.1. The van der Waals surface area contributed by atoms with Crippen molar-refractivity contribution < 1.29 is 22.9 Å². The second kappa shape index (κ2) is 5.43. The molecule has 0 aliphatic carbocycles. The molecule has 0 aromatic heterocycles. The summed E-state index contributed by atoms with van der Waals surface area (Å²) >= 11 is 0. The van der Waals surface area contributed by atoms with Crippen LogP contribution in [0, 0.1) is 16.0 Å². The Morgan fingerprint density at radius 1 is 1.39 bits per heavy atom. The van der Waals surface area contributed by atoms with E-state index in [-0.39, 0.29) is 17.4 Å². The quantitative estimate of drug-likeness (QED) is 0.348. The van der Waals surface area contributed by atoms with Gasteiger partial charge in [0.1, 0.15) is 5.76 Å². The summed E-state index contributed by atoms with van der Waals surface area (Å²) in [5.41, 5.74) is -0.470. The molecular formula is C14H14N2O6S. The van der Waals surface area contributed by atoms with E-state index in [2.05, 4.69) is 0 Å². The van der Waals surface area contributed by atoms with Crippen LogP contribution in [0.15, 0.2) is 41.0 Å². The van der Waals surface area contributed by atoms with E-state index < -0.39 is 32.6 Å². The first-order valence-electron chi connectivity index (χ1n) is 7.05. The number of rotatable bonds is 5. The van der Waals surface area contributed by atoms with E-state index >= 15 is 0 Å². The fourth-order valence-corrected chi connectivity index (χ4v) is 4.22. The molecular weight excluding hydrogens is 324 g/mol. The van der Waals surface area contributed by atoms with Gasteiger partial charge < -0.3 is 4.74 Å². The molecule has 1 saturated heterocycles. The van der Waals surface area contributed by atoms with Gasteiger partial charge in [-0.2, -0.15) is 4.31 Å². The molecule has 2 heterocycles. The van der Waals surface area contributed by atoms with Crippen molar-refractivity contribution >= 4 is 21.7 Å². The van der Waals surface area contributed by atoms with Gasteiger partial charge >= 0.3 is 5.97 Å². The smallest absolute Gasteiger partial charge is 0.318 e. The summed E-state index contributed by atoms with van der Waals surface area (Å²) in [5.74, 6) is -0.442. The van der Waals surface area contributed by atoms with Crippen molar-refractivity contribution in [1.29, 1.82) is 0 Å². The Kier molecular flexibility index (Phi) is 3.69. The van der Waals surface area contributed by atoms with E-state index in [1.54, 1.807) is 6.08 Å². The Labute approximate surface area is 132 Å². The Hall–Kier alpha value is -2.26. The van der Waals surface area contributed by atoms with E-state index in [4.69, 9.17) is 4.74 Å². The van der Waals surface area contributed by atoms with Gasteiger partial charge in [-0.1, -0.05) is 19.1 Å². The van der Waals surface area contributed by atoms with E-state index in [9.17, 15) is 23.3 Å². The molecule has 0 spiro atoms. The minimum Gasteiger partial charge on any atom is -0.429 e. The van der Waals surface area contributed by atoms with Crippen molar-refractivity contribution in [2.75, 3.05) is 6.54 Å². The number of benzene rings is 1. The average Bonchev–Trinajstić information content (AvgIpc) is 3.25. The molecule has 3 atom stereocenters. The molecule has 122 valence electrons. The molecule has 2 aliphatic rings. The number of esters is 1. The summed E-state index contributed by atoms with van der Waals surface area (Å²) in [5, 5.41) is 11.0. The number of hydrogen-bond acceptors (Lipinski definition) is 6. The third-order valence-corrected chi connectivity index (χ3v) is 5.79. The van der Waals surface area contributed by atoms with Gasteiger partial charge in [0.2, 0.25) is 0 Å².